The predicted molar refractivity (Wildman–Crippen MR) is 151 cm³/mol. The fourth-order valence-corrected chi connectivity index (χ4v) is 4.92. The van der Waals surface area contributed by atoms with Crippen molar-refractivity contribution in [1.82, 2.24) is 20.6 Å². The minimum Gasteiger partial charge on any atom is -0.493 e. The number of halogens is 2. The van der Waals surface area contributed by atoms with Gasteiger partial charge in [0.15, 0.2) is 11.5 Å². The lowest BCUT2D eigenvalue weighted by molar-refractivity contribution is 0.0966. The van der Waals surface area contributed by atoms with E-state index in [4.69, 9.17) is 8.92 Å². The van der Waals surface area contributed by atoms with E-state index in [1.165, 1.54) is 12.7 Å². The molecule has 0 atom stereocenters. The number of hydrogen-bond donors (Lipinski definition) is 3. The maximum Gasteiger partial charge on any atom is 0.306 e. The van der Waals surface area contributed by atoms with Gasteiger partial charge in [0.1, 0.15) is 0 Å². The van der Waals surface area contributed by atoms with Gasteiger partial charge in [-0.15, -0.1) is 24.8 Å². The summed E-state index contributed by atoms with van der Waals surface area (Å²) in [5.74, 6) is -0.0196. The van der Waals surface area contributed by atoms with E-state index in [9.17, 15) is 13.2 Å². The number of hydrogen-bond acceptors (Lipinski definition) is 7. The average Bonchev–Trinajstić information content (AvgIpc) is 3.45. The monoisotopic (exact) mass is 578 g/mol. The molecule has 5 rings (SSSR count). The lowest BCUT2D eigenvalue weighted by Gasteiger charge is -2.15. The van der Waals surface area contributed by atoms with Crippen LogP contribution in [0.4, 0.5) is 0 Å². The molecule has 1 amide bonds. The van der Waals surface area contributed by atoms with Crippen molar-refractivity contribution in [3.8, 4) is 22.8 Å². The summed E-state index contributed by atoms with van der Waals surface area (Å²) in [6.07, 6.45) is 5.51. The van der Waals surface area contributed by atoms with E-state index in [2.05, 4.69) is 38.8 Å². The Balaban J connectivity index is 0.00000200. The zero-order chi connectivity index (χ0) is 25.3. The Morgan fingerprint density at radius 3 is 2.63 bits per heavy atom. The summed E-state index contributed by atoms with van der Waals surface area (Å²) in [7, 11) is -2.38. The Labute approximate surface area is 233 Å². The van der Waals surface area contributed by atoms with E-state index in [0.29, 0.717) is 16.7 Å². The highest BCUT2D eigenvalue weighted by Crippen LogP contribution is 2.43. The molecule has 4 aromatic rings. The van der Waals surface area contributed by atoms with Crippen LogP contribution in [0.15, 0.2) is 54.9 Å². The quantitative estimate of drug-likeness (QED) is 0.203. The number of amides is 1. The number of H-pyrrole nitrogens is 1. The third kappa shape index (κ3) is 6.21. The first-order valence-electron chi connectivity index (χ1n) is 11.5. The van der Waals surface area contributed by atoms with Crippen molar-refractivity contribution in [3.05, 3.63) is 77.1 Å². The van der Waals surface area contributed by atoms with Crippen LogP contribution in [0, 0.1) is 0 Å². The fourth-order valence-electron chi connectivity index (χ4n) is 4.43. The number of carbonyl (C=O) groups is 1. The molecule has 0 saturated heterocycles. The highest BCUT2D eigenvalue weighted by Gasteiger charge is 2.31. The molecule has 0 bridgehead atoms. The summed E-state index contributed by atoms with van der Waals surface area (Å²) >= 11 is 0. The first-order chi connectivity index (χ1) is 17.3. The largest absolute Gasteiger partial charge is 0.493 e. The third-order valence-electron chi connectivity index (χ3n) is 6.07. The molecule has 38 heavy (non-hydrogen) atoms. The smallest absolute Gasteiger partial charge is 0.306 e. The van der Waals surface area contributed by atoms with Crippen LogP contribution in [0.5, 0.6) is 11.5 Å². The Kier molecular flexibility index (Phi) is 9.26. The molecule has 0 unspecified atom stereocenters. The second-order valence-electron chi connectivity index (χ2n) is 8.67. The molecule has 2 aromatic carbocycles. The van der Waals surface area contributed by atoms with Crippen LogP contribution in [0.25, 0.3) is 22.2 Å². The van der Waals surface area contributed by atoms with Gasteiger partial charge in [0.25, 0.3) is 5.91 Å². The number of carbonyl (C=O) groups excluding carboxylic acids is 1. The van der Waals surface area contributed by atoms with E-state index in [0.717, 1.165) is 47.9 Å². The van der Waals surface area contributed by atoms with E-state index < -0.39 is 10.1 Å². The third-order valence-corrected chi connectivity index (χ3v) is 6.54. The molecule has 0 spiro atoms. The molecule has 1 aliphatic heterocycles. The molecule has 0 fully saturated rings. The van der Waals surface area contributed by atoms with Crippen molar-refractivity contribution < 1.29 is 22.1 Å². The molecule has 202 valence electrons. The van der Waals surface area contributed by atoms with Gasteiger partial charge in [-0.1, -0.05) is 12.1 Å². The van der Waals surface area contributed by atoms with Gasteiger partial charge in [-0.2, -0.15) is 8.42 Å². The van der Waals surface area contributed by atoms with Crippen molar-refractivity contribution in [1.29, 1.82) is 0 Å². The zero-order valence-corrected chi connectivity index (χ0v) is 23.2. The summed E-state index contributed by atoms with van der Waals surface area (Å²) in [6, 6.07) is 13.8. The van der Waals surface area contributed by atoms with E-state index >= 15 is 0 Å². The predicted octanol–water partition coefficient (Wildman–Crippen LogP) is 4.00. The molecule has 12 heteroatoms. The molecule has 9 nitrogen and oxygen atoms in total. The highest BCUT2D eigenvalue weighted by molar-refractivity contribution is 7.86. The van der Waals surface area contributed by atoms with Crippen LogP contribution < -0.4 is 19.6 Å². The van der Waals surface area contributed by atoms with Gasteiger partial charge >= 0.3 is 10.1 Å². The van der Waals surface area contributed by atoms with Crippen LogP contribution in [0.1, 0.15) is 27.0 Å². The maximum atomic E-state index is 12.7. The van der Waals surface area contributed by atoms with Crippen molar-refractivity contribution in [2.24, 2.45) is 0 Å². The van der Waals surface area contributed by atoms with Crippen molar-refractivity contribution in [2.75, 3.05) is 19.9 Å². The molecular weight excluding hydrogens is 551 g/mol. The molecule has 1 aliphatic rings. The minimum absolute atomic E-state index is 0. The van der Waals surface area contributed by atoms with Gasteiger partial charge in [-0.25, -0.2) is 0 Å². The molecule has 0 saturated carbocycles. The molecule has 3 heterocycles. The van der Waals surface area contributed by atoms with E-state index in [-0.39, 0.29) is 48.8 Å². The van der Waals surface area contributed by atoms with Crippen LogP contribution in [-0.4, -0.2) is 44.2 Å². The second kappa shape index (κ2) is 12.0. The number of fused-ring (bicyclic) bond motifs is 2. The minimum atomic E-state index is -3.81. The van der Waals surface area contributed by atoms with Crippen LogP contribution in [0.3, 0.4) is 0 Å². The van der Waals surface area contributed by atoms with Gasteiger partial charge in [0.05, 0.1) is 18.9 Å². The van der Waals surface area contributed by atoms with Crippen LogP contribution >= 0.6 is 24.8 Å². The number of ether oxygens (including phenoxy) is 1. The normalized spacial score (nSPS) is 12.3. The number of aromatic nitrogens is 2. The van der Waals surface area contributed by atoms with E-state index in [1.807, 2.05) is 24.4 Å². The van der Waals surface area contributed by atoms with Gasteiger partial charge in [0.2, 0.25) is 0 Å². The fraction of sp³-hybridized carbons (Fsp3) is 0.231. The van der Waals surface area contributed by atoms with Crippen LogP contribution in [-0.2, 0) is 29.6 Å². The summed E-state index contributed by atoms with van der Waals surface area (Å²) in [4.78, 5) is 20.2. The number of aromatic amines is 1. The molecule has 0 aliphatic carbocycles. The summed E-state index contributed by atoms with van der Waals surface area (Å²) in [5, 5.41) is 7.22. The molecular formula is C26H28Cl2N4O5S. The highest BCUT2D eigenvalue weighted by atomic mass is 35.5. The Hall–Kier alpha value is -3.31. The van der Waals surface area contributed by atoms with Gasteiger partial charge < -0.3 is 24.5 Å². The second-order valence-corrected chi connectivity index (χ2v) is 10.2. The summed E-state index contributed by atoms with van der Waals surface area (Å²) < 4.78 is 34.3. The molecule has 0 radical (unpaired) electrons. The first-order valence-corrected chi connectivity index (χ1v) is 13.3. The van der Waals surface area contributed by atoms with Crippen LogP contribution in [0.2, 0.25) is 0 Å². The zero-order valence-electron chi connectivity index (χ0n) is 20.7. The Morgan fingerprint density at radius 1 is 1.11 bits per heavy atom. The van der Waals surface area contributed by atoms with Crippen molar-refractivity contribution in [2.45, 2.75) is 19.5 Å². The number of nitrogens with zero attached hydrogens (tertiary/aromatic N) is 1. The topological polar surface area (TPSA) is 122 Å². The SMILES string of the molecule is COc1cc(-c2cc3cc(CNCCc4cccnc4)ccc3[nH]2)c2c(c1OS(C)(=O)=O)CNC2=O.Cl.Cl. The number of methoxy groups -OCH3 is 1. The maximum absolute atomic E-state index is 12.7. The lowest BCUT2D eigenvalue weighted by atomic mass is 9.98. The van der Waals surface area contributed by atoms with Gasteiger partial charge in [-0.05, 0) is 54.4 Å². The van der Waals surface area contributed by atoms with Gasteiger partial charge in [0, 0.05) is 53.2 Å². The van der Waals surface area contributed by atoms with Crippen molar-refractivity contribution >= 4 is 51.7 Å². The summed E-state index contributed by atoms with van der Waals surface area (Å²) in [6.45, 7) is 1.71. The van der Waals surface area contributed by atoms with E-state index in [1.54, 1.807) is 12.3 Å². The lowest BCUT2D eigenvalue weighted by Crippen LogP contribution is -2.16. The average molecular weight is 580 g/mol. The van der Waals surface area contributed by atoms with Crippen molar-refractivity contribution in [3.63, 3.8) is 0 Å². The number of pyridine rings is 1. The summed E-state index contributed by atoms with van der Waals surface area (Å²) in [5.41, 5.74) is 5.42. The standard InChI is InChI=1S/C26H26N4O5S.2ClH/c1-34-23-12-19(24-20(15-29-26(24)31)25(23)35-36(2,32)33)22-11-18-10-17(5-6-21(18)30-22)14-28-9-7-16-4-3-8-27-13-16;;/h3-6,8,10-13,28,30H,7,9,14-15H2,1-2H3,(H,29,31);2*1H. The number of rotatable bonds is 9. The van der Waals surface area contributed by atoms with Gasteiger partial charge in [-0.3, -0.25) is 9.78 Å². The Morgan fingerprint density at radius 2 is 1.92 bits per heavy atom. The molecule has 3 N–H and O–H groups in total. The first kappa shape index (κ1) is 29.2. The molecule has 2 aromatic heterocycles. The Bertz CT molecular complexity index is 1560. The number of benzene rings is 2. The number of nitrogens with one attached hydrogen (secondary N) is 3.